The summed E-state index contributed by atoms with van der Waals surface area (Å²) < 4.78 is 0. The number of rotatable bonds is 6. The fourth-order valence-corrected chi connectivity index (χ4v) is 4.01. The van der Waals surface area contributed by atoms with Gasteiger partial charge < -0.3 is 4.90 Å². The van der Waals surface area contributed by atoms with Gasteiger partial charge >= 0.3 is 0 Å². The second-order valence-corrected chi connectivity index (χ2v) is 6.38. The van der Waals surface area contributed by atoms with Crippen molar-refractivity contribution in [3.05, 3.63) is 0 Å². The Balaban J connectivity index is 1.67. The predicted molar refractivity (Wildman–Crippen MR) is 78.9 cm³/mol. The van der Waals surface area contributed by atoms with E-state index in [2.05, 4.69) is 17.5 Å². The van der Waals surface area contributed by atoms with Gasteiger partial charge in [-0.05, 0) is 63.3 Å². The first-order valence-corrected chi connectivity index (χ1v) is 8.40. The Kier molecular flexibility index (Phi) is 6.21. The van der Waals surface area contributed by atoms with Crippen molar-refractivity contribution in [2.24, 2.45) is 5.92 Å². The van der Waals surface area contributed by atoms with Crippen molar-refractivity contribution in [2.75, 3.05) is 18.8 Å². The minimum Gasteiger partial charge on any atom is -0.300 e. The molecule has 2 atom stereocenters. The lowest BCUT2D eigenvalue weighted by Gasteiger charge is -2.44. The Morgan fingerprint density at radius 2 is 1.65 bits per heavy atom. The van der Waals surface area contributed by atoms with Gasteiger partial charge in [0.25, 0.3) is 0 Å². The number of fused-ring (bicyclic) bond motifs is 1. The van der Waals surface area contributed by atoms with Crippen LogP contribution in [0.4, 0.5) is 0 Å². The summed E-state index contributed by atoms with van der Waals surface area (Å²) in [6.07, 6.45) is 14.5. The number of hydrogen-bond acceptors (Lipinski definition) is 2. The monoisotopic (exact) mass is 255 g/mol. The second kappa shape index (κ2) is 7.68. The van der Waals surface area contributed by atoms with E-state index in [0.29, 0.717) is 0 Å². The number of hydrogen-bond donors (Lipinski definition) is 1. The van der Waals surface area contributed by atoms with Crippen LogP contribution in [0.1, 0.15) is 64.2 Å². The summed E-state index contributed by atoms with van der Waals surface area (Å²) in [5.41, 5.74) is 0. The normalized spacial score (nSPS) is 30.2. The Morgan fingerprint density at radius 1 is 0.882 bits per heavy atom. The van der Waals surface area contributed by atoms with Crippen LogP contribution in [0.2, 0.25) is 0 Å². The molecule has 1 saturated carbocycles. The lowest BCUT2D eigenvalue weighted by atomic mass is 9.78. The third-order valence-corrected chi connectivity index (χ3v) is 5.03. The molecule has 1 heterocycles. The molecule has 17 heavy (non-hydrogen) atoms. The Hall–Kier alpha value is 0.310. The zero-order chi connectivity index (χ0) is 11.9. The highest BCUT2D eigenvalue weighted by Gasteiger charge is 2.32. The van der Waals surface area contributed by atoms with Gasteiger partial charge in [0.2, 0.25) is 0 Å². The molecule has 1 nitrogen and oxygen atoms in total. The summed E-state index contributed by atoms with van der Waals surface area (Å²) >= 11 is 4.28. The highest BCUT2D eigenvalue weighted by molar-refractivity contribution is 7.80. The van der Waals surface area contributed by atoms with Crippen LogP contribution in [0.15, 0.2) is 0 Å². The van der Waals surface area contributed by atoms with Gasteiger partial charge in [-0.15, -0.1) is 0 Å². The van der Waals surface area contributed by atoms with E-state index in [0.717, 1.165) is 17.7 Å². The second-order valence-electron chi connectivity index (χ2n) is 5.93. The highest BCUT2D eigenvalue weighted by atomic mass is 32.1. The van der Waals surface area contributed by atoms with E-state index < -0.39 is 0 Å². The van der Waals surface area contributed by atoms with Crippen molar-refractivity contribution in [2.45, 2.75) is 70.3 Å². The molecule has 1 aliphatic heterocycles. The van der Waals surface area contributed by atoms with E-state index in [-0.39, 0.29) is 0 Å². The van der Waals surface area contributed by atoms with Crippen LogP contribution < -0.4 is 0 Å². The summed E-state index contributed by atoms with van der Waals surface area (Å²) in [4.78, 5) is 2.83. The molecule has 0 unspecified atom stereocenters. The maximum Gasteiger partial charge on any atom is 0.0123 e. The van der Waals surface area contributed by atoms with Gasteiger partial charge in [0, 0.05) is 6.04 Å². The number of thiol groups is 1. The molecule has 1 aliphatic carbocycles. The fourth-order valence-electron chi connectivity index (χ4n) is 3.79. The Bertz CT molecular complexity index is 205. The molecule has 2 rings (SSSR count). The highest BCUT2D eigenvalue weighted by Crippen LogP contribution is 2.35. The molecule has 1 saturated heterocycles. The van der Waals surface area contributed by atoms with Crippen molar-refractivity contribution in [3.8, 4) is 0 Å². The van der Waals surface area contributed by atoms with Gasteiger partial charge in [0.05, 0.1) is 0 Å². The lowest BCUT2D eigenvalue weighted by molar-refractivity contribution is 0.0595. The summed E-state index contributed by atoms with van der Waals surface area (Å²) in [6.45, 7) is 2.75. The maximum atomic E-state index is 4.28. The summed E-state index contributed by atoms with van der Waals surface area (Å²) in [6, 6.07) is 0.961. The number of unbranched alkanes of at least 4 members (excludes halogenated alkanes) is 3. The first-order valence-electron chi connectivity index (χ1n) is 7.76. The number of piperidine rings is 1. The van der Waals surface area contributed by atoms with E-state index in [1.165, 1.54) is 77.3 Å². The minimum absolute atomic E-state index is 0.961. The molecule has 0 bridgehead atoms. The zero-order valence-corrected chi connectivity index (χ0v) is 12.1. The third-order valence-electron chi connectivity index (χ3n) is 4.71. The molecule has 0 aromatic heterocycles. The number of nitrogens with zero attached hydrogens (tertiary/aromatic N) is 1. The van der Waals surface area contributed by atoms with Crippen molar-refractivity contribution < 1.29 is 0 Å². The molecule has 2 aliphatic rings. The molecule has 0 N–H and O–H groups in total. The van der Waals surface area contributed by atoms with Crippen molar-refractivity contribution in [1.29, 1.82) is 0 Å². The molecule has 100 valence electrons. The largest absolute Gasteiger partial charge is 0.300 e. The fraction of sp³-hybridized carbons (Fsp3) is 1.00. The van der Waals surface area contributed by atoms with E-state index in [9.17, 15) is 0 Å². The smallest absolute Gasteiger partial charge is 0.0123 e. The number of likely N-dealkylation sites (tertiary alicyclic amines) is 1. The summed E-state index contributed by atoms with van der Waals surface area (Å²) in [7, 11) is 0. The van der Waals surface area contributed by atoms with Gasteiger partial charge in [-0.2, -0.15) is 12.6 Å². The van der Waals surface area contributed by atoms with Crippen molar-refractivity contribution in [3.63, 3.8) is 0 Å². The molecule has 2 heteroatoms. The molecule has 0 aromatic rings. The predicted octanol–water partition coefficient (Wildman–Crippen LogP) is 4.13. The molecule has 0 aromatic carbocycles. The van der Waals surface area contributed by atoms with E-state index in [4.69, 9.17) is 0 Å². The molecule has 0 radical (unpaired) electrons. The van der Waals surface area contributed by atoms with Crippen LogP contribution >= 0.6 is 12.6 Å². The van der Waals surface area contributed by atoms with Gasteiger partial charge in [-0.3, -0.25) is 0 Å². The van der Waals surface area contributed by atoms with Gasteiger partial charge in [-0.1, -0.05) is 25.7 Å². The van der Waals surface area contributed by atoms with Gasteiger partial charge in [-0.25, -0.2) is 0 Å². The molecular formula is C15H29NS. The van der Waals surface area contributed by atoms with Gasteiger partial charge in [0.15, 0.2) is 0 Å². The average Bonchev–Trinajstić information content (AvgIpc) is 2.39. The average molecular weight is 255 g/mol. The lowest BCUT2D eigenvalue weighted by Crippen LogP contribution is -2.46. The quantitative estimate of drug-likeness (QED) is 0.552. The van der Waals surface area contributed by atoms with Crippen LogP contribution in [-0.2, 0) is 0 Å². The van der Waals surface area contributed by atoms with E-state index in [1.807, 2.05) is 0 Å². The van der Waals surface area contributed by atoms with Gasteiger partial charge in [0.1, 0.15) is 0 Å². The van der Waals surface area contributed by atoms with Crippen LogP contribution in [-0.4, -0.2) is 29.8 Å². The maximum absolute atomic E-state index is 4.28. The summed E-state index contributed by atoms with van der Waals surface area (Å²) in [5.74, 6) is 2.11. The van der Waals surface area contributed by atoms with Crippen LogP contribution in [0.25, 0.3) is 0 Å². The SMILES string of the molecule is SCCCCCCN1CCC[C@H]2CCCC[C@H]21. The Morgan fingerprint density at radius 3 is 2.53 bits per heavy atom. The standard InChI is InChI=1S/C15H29NS/c17-13-6-2-1-5-11-16-12-7-9-14-8-3-4-10-15(14)16/h14-15,17H,1-13H2/t14-,15-/m1/s1. The minimum atomic E-state index is 0.961. The first-order chi connectivity index (χ1) is 8.42. The zero-order valence-electron chi connectivity index (χ0n) is 11.2. The van der Waals surface area contributed by atoms with Crippen LogP contribution in [0.5, 0.6) is 0 Å². The van der Waals surface area contributed by atoms with Crippen LogP contribution in [0, 0.1) is 5.92 Å². The van der Waals surface area contributed by atoms with Crippen molar-refractivity contribution in [1.82, 2.24) is 4.90 Å². The van der Waals surface area contributed by atoms with E-state index in [1.54, 1.807) is 0 Å². The Labute approximate surface area is 113 Å². The molecule has 0 spiro atoms. The molecular weight excluding hydrogens is 226 g/mol. The van der Waals surface area contributed by atoms with Crippen LogP contribution in [0.3, 0.4) is 0 Å². The van der Waals surface area contributed by atoms with Crippen molar-refractivity contribution >= 4 is 12.6 Å². The summed E-state index contributed by atoms with van der Waals surface area (Å²) in [5, 5.41) is 0. The van der Waals surface area contributed by atoms with E-state index >= 15 is 0 Å². The molecule has 0 amide bonds. The molecule has 2 fully saturated rings. The third kappa shape index (κ3) is 4.17. The first kappa shape index (κ1) is 13.7. The topological polar surface area (TPSA) is 3.24 Å².